The molecule has 1 unspecified atom stereocenters. The summed E-state index contributed by atoms with van der Waals surface area (Å²) in [7, 11) is 0. The summed E-state index contributed by atoms with van der Waals surface area (Å²) < 4.78 is 4.94. The Kier molecular flexibility index (Phi) is 4.84. The fourth-order valence-corrected chi connectivity index (χ4v) is 2.71. The zero-order valence-electron chi connectivity index (χ0n) is 13.7. The first-order chi connectivity index (χ1) is 11.5. The van der Waals surface area contributed by atoms with Crippen LogP contribution in [-0.2, 0) is 4.79 Å². The minimum atomic E-state index is -0.428. The lowest BCUT2D eigenvalue weighted by molar-refractivity contribution is -0.125. The molecule has 2 fully saturated rings. The molecule has 1 aromatic rings. The fraction of sp³-hybridized carbons (Fsp3) is 0.562. The van der Waals surface area contributed by atoms with Crippen molar-refractivity contribution in [1.29, 1.82) is 0 Å². The summed E-state index contributed by atoms with van der Waals surface area (Å²) in [6, 6.07) is 1.01. The average Bonchev–Trinajstić information content (AvgIpc) is 3.22. The lowest BCUT2D eigenvalue weighted by Crippen LogP contribution is -2.56. The van der Waals surface area contributed by atoms with E-state index >= 15 is 0 Å². The molecule has 8 nitrogen and oxygen atoms in total. The Bertz CT molecular complexity index is 604. The molecule has 1 saturated carbocycles. The maximum Gasteiger partial charge on any atom is 0.321 e. The van der Waals surface area contributed by atoms with Crippen molar-refractivity contribution in [2.75, 3.05) is 26.2 Å². The number of hydrogen-bond acceptors (Lipinski definition) is 5. The number of hydrogen-bond donors (Lipinski definition) is 2. The van der Waals surface area contributed by atoms with Gasteiger partial charge < -0.3 is 14.6 Å². The van der Waals surface area contributed by atoms with Crippen LogP contribution in [0.4, 0.5) is 4.79 Å². The van der Waals surface area contributed by atoms with E-state index in [1.54, 1.807) is 17.9 Å². The SMILES string of the molecule is CC(C(=O)NC(=O)NC1CC1)N1CCN(C(=O)c2ccoc2)CC1. The summed E-state index contributed by atoms with van der Waals surface area (Å²) in [4.78, 5) is 39.7. The molecule has 0 bridgehead atoms. The molecule has 0 aromatic carbocycles. The van der Waals surface area contributed by atoms with Gasteiger partial charge in [-0.25, -0.2) is 4.79 Å². The number of amides is 4. The number of imide groups is 1. The molecule has 3 rings (SSSR count). The van der Waals surface area contributed by atoms with Crippen molar-refractivity contribution >= 4 is 17.8 Å². The Morgan fingerprint density at radius 1 is 1.21 bits per heavy atom. The molecule has 0 radical (unpaired) electrons. The van der Waals surface area contributed by atoms with Crippen molar-refractivity contribution in [3.63, 3.8) is 0 Å². The van der Waals surface area contributed by atoms with Gasteiger partial charge in [0.2, 0.25) is 5.91 Å². The highest BCUT2D eigenvalue weighted by atomic mass is 16.3. The van der Waals surface area contributed by atoms with E-state index in [1.165, 1.54) is 12.5 Å². The van der Waals surface area contributed by atoms with Crippen LogP contribution in [0, 0.1) is 0 Å². The first-order valence-corrected chi connectivity index (χ1v) is 8.21. The van der Waals surface area contributed by atoms with Gasteiger partial charge in [0.25, 0.3) is 5.91 Å². The normalized spacial score (nSPS) is 19.6. The third kappa shape index (κ3) is 3.94. The Morgan fingerprint density at radius 3 is 2.50 bits per heavy atom. The van der Waals surface area contributed by atoms with E-state index in [4.69, 9.17) is 4.42 Å². The zero-order chi connectivity index (χ0) is 17.1. The van der Waals surface area contributed by atoms with Crippen molar-refractivity contribution in [2.24, 2.45) is 0 Å². The van der Waals surface area contributed by atoms with Crippen molar-refractivity contribution in [2.45, 2.75) is 31.8 Å². The maximum absolute atomic E-state index is 12.2. The van der Waals surface area contributed by atoms with Crippen molar-refractivity contribution in [3.05, 3.63) is 24.2 Å². The van der Waals surface area contributed by atoms with Gasteiger partial charge in [0.1, 0.15) is 6.26 Å². The molecule has 1 aromatic heterocycles. The molecule has 1 saturated heterocycles. The molecule has 1 aliphatic heterocycles. The Hall–Kier alpha value is -2.35. The maximum atomic E-state index is 12.2. The molecule has 2 heterocycles. The van der Waals surface area contributed by atoms with Crippen LogP contribution < -0.4 is 10.6 Å². The molecule has 1 atom stereocenters. The van der Waals surface area contributed by atoms with Gasteiger partial charge in [0.05, 0.1) is 17.9 Å². The van der Waals surface area contributed by atoms with Gasteiger partial charge in [-0.1, -0.05) is 0 Å². The first-order valence-electron chi connectivity index (χ1n) is 8.21. The molecular weight excluding hydrogens is 312 g/mol. The van der Waals surface area contributed by atoms with Crippen LogP contribution in [0.2, 0.25) is 0 Å². The van der Waals surface area contributed by atoms with Crippen molar-refractivity contribution < 1.29 is 18.8 Å². The largest absolute Gasteiger partial charge is 0.472 e. The Balaban J connectivity index is 1.45. The third-order valence-corrected chi connectivity index (χ3v) is 4.45. The van der Waals surface area contributed by atoms with E-state index in [0.29, 0.717) is 31.7 Å². The van der Waals surface area contributed by atoms with Crippen LogP contribution in [0.25, 0.3) is 0 Å². The van der Waals surface area contributed by atoms with Gasteiger partial charge in [-0.05, 0) is 25.8 Å². The van der Waals surface area contributed by atoms with Gasteiger partial charge in [-0.3, -0.25) is 19.8 Å². The van der Waals surface area contributed by atoms with E-state index < -0.39 is 12.1 Å². The molecule has 4 amide bonds. The van der Waals surface area contributed by atoms with E-state index in [0.717, 1.165) is 12.8 Å². The van der Waals surface area contributed by atoms with Gasteiger partial charge in [-0.2, -0.15) is 0 Å². The highest BCUT2D eigenvalue weighted by Crippen LogP contribution is 2.18. The summed E-state index contributed by atoms with van der Waals surface area (Å²) >= 11 is 0. The van der Waals surface area contributed by atoms with E-state index in [2.05, 4.69) is 10.6 Å². The summed E-state index contributed by atoms with van der Waals surface area (Å²) in [6.07, 6.45) is 4.86. The number of nitrogens with zero attached hydrogens (tertiary/aromatic N) is 2. The molecular formula is C16H22N4O4. The zero-order valence-corrected chi connectivity index (χ0v) is 13.7. The van der Waals surface area contributed by atoms with Crippen LogP contribution in [0.15, 0.2) is 23.0 Å². The van der Waals surface area contributed by atoms with Crippen LogP contribution in [0.1, 0.15) is 30.1 Å². The molecule has 2 aliphatic rings. The number of rotatable bonds is 4. The number of piperazine rings is 1. The Morgan fingerprint density at radius 2 is 1.92 bits per heavy atom. The topological polar surface area (TPSA) is 94.9 Å². The minimum Gasteiger partial charge on any atom is -0.472 e. The summed E-state index contributed by atoms with van der Waals surface area (Å²) in [5.74, 6) is -0.382. The number of urea groups is 1. The number of furan rings is 1. The molecule has 24 heavy (non-hydrogen) atoms. The molecule has 1 aliphatic carbocycles. The van der Waals surface area contributed by atoms with Crippen LogP contribution >= 0.6 is 0 Å². The highest BCUT2D eigenvalue weighted by molar-refractivity contribution is 5.97. The van der Waals surface area contributed by atoms with Crippen LogP contribution in [-0.4, -0.2) is 65.9 Å². The van der Waals surface area contributed by atoms with Gasteiger partial charge >= 0.3 is 6.03 Å². The van der Waals surface area contributed by atoms with E-state index in [-0.39, 0.29) is 17.9 Å². The van der Waals surface area contributed by atoms with E-state index in [1.807, 2.05) is 4.90 Å². The monoisotopic (exact) mass is 334 g/mol. The van der Waals surface area contributed by atoms with E-state index in [9.17, 15) is 14.4 Å². The lowest BCUT2D eigenvalue weighted by atomic mass is 10.2. The van der Waals surface area contributed by atoms with Crippen molar-refractivity contribution in [3.8, 4) is 0 Å². The Labute approximate surface area is 140 Å². The smallest absolute Gasteiger partial charge is 0.321 e. The second-order valence-electron chi connectivity index (χ2n) is 6.25. The number of carbonyl (C=O) groups excluding carboxylic acids is 3. The summed E-state index contributed by atoms with van der Waals surface area (Å²) in [5.41, 5.74) is 0.533. The second-order valence-corrected chi connectivity index (χ2v) is 6.25. The molecule has 0 spiro atoms. The van der Waals surface area contributed by atoms with Gasteiger partial charge in [-0.15, -0.1) is 0 Å². The fourth-order valence-electron chi connectivity index (χ4n) is 2.71. The standard InChI is InChI=1S/C16H22N4O4/c1-11(14(21)18-16(23)17-13-2-3-13)19-5-7-20(8-6-19)15(22)12-4-9-24-10-12/h4,9-11,13H,2-3,5-8H2,1H3,(H2,17,18,21,23). The van der Waals surface area contributed by atoms with Crippen molar-refractivity contribution in [1.82, 2.24) is 20.4 Å². The highest BCUT2D eigenvalue weighted by Gasteiger charge is 2.30. The van der Waals surface area contributed by atoms with Gasteiger partial charge in [0.15, 0.2) is 0 Å². The minimum absolute atomic E-state index is 0.0654. The number of carbonyl (C=O) groups is 3. The summed E-state index contributed by atoms with van der Waals surface area (Å²) in [6.45, 7) is 4.02. The lowest BCUT2D eigenvalue weighted by Gasteiger charge is -2.37. The average molecular weight is 334 g/mol. The summed E-state index contributed by atoms with van der Waals surface area (Å²) in [5, 5.41) is 5.11. The number of nitrogens with one attached hydrogen (secondary N) is 2. The quantitative estimate of drug-likeness (QED) is 0.832. The van der Waals surface area contributed by atoms with Gasteiger partial charge in [0, 0.05) is 32.2 Å². The molecule has 130 valence electrons. The molecule has 2 N–H and O–H groups in total. The van der Waals surface area contributed by atoms with Crippen LogP contribution in [0.3, 0.4) is 0 Å². The van der Waals surface area contributed by atoms with Crippen LogP contribution in [0.5, 0.6) is 0 Å². The third-order valence-electron chi connectivity index (χ3n) is 4.45. The predicted octanol–water partition coefficient (Wildman–Crippen LogP) is 0.414. The first kappa shape index (κ1) is 16.5. The predicted molar refractivity (Wildman–Crippen MR) is 85.3 cm³/mol. The second kappa shape index (κ2) is 7.04. The molecule has 8 heteroatoms.